The number of anilines is 2. The summed E-state index contributed by atoms with van der Waals surface area (Å²) in [5.41, 5.74) is 3.44. The van der Waals surface area contributed by atoms with Crippen LogP contribution in [0.2, 0.25) is 0 Å². The summed E-state index contributed by atoms with van der Waals surface area (Å²) in [6, 6.07) is 18.4. The van der Waals surface area contributed by atoms with Gasteiger partial charge in [0.1, 0.15) is 5.82 Å². The van der Waals surface area contributed by atoms with Gasteiger partial charge in [-0.05, 0) is 79.1 Å². The summed E-state index contributed by atoms with van der Waals surface area (Å²) in [6.07, 6.45) is 9.26. The van der Waals surface area contributed by atoms with Crippen molar-refractivity contribution in [2.45, 2.75) is 63.6 Å². The standard InChI is InChI=1S/C29H34N6OS/c1-20-33-34-29(36-20)21-10-12-24(13-11-21)35-16-4-6-23(19-35)31-25-7-2-3-8-26(25)32-28-18-22(14-15-30-28)27-9-5-17-37-27/h5,9-15,17-18,23,25-26,31H,2-4,6-8,16,19H2,1H3,(H,30,32). The third-order valence-electron chi connectivity index (χ3n) is 7.54. The molecule has 3 aromatic heterocycles. The molecule has 4 aromatic rings. The monoisotopic (exact) mass is 514 g/mol. The van der Waals surface area contributed by atoms with Crippen molar-refractivity contribution in [1.29, 1.82) is 0 Å². The molecule has 1 aliphatic carbocycles. The minimum Gasteiger partial charge on any atom is -0.421 e. The molecule has 4 heterocycles. The van der Waals surface area contributed by atoms with E-state index in [0.717, 1.165) is 24.5 Å². The first-order valence-electron chi connectivity index (χ1n) is 13.4. The van der Waals surface area contributed by atoms with Crippen LogP contribution in [0, 0.1) is 6.92 Å². The molecule has 1 saturated heterocycles. The fourth-order valence-electron chi connectivity index (χ4n) is 5.68. The molecule has 3 unspecified atom stereocenters. The molecule has 0 bridgehead atoms. The second-order valence-electron chi connectivity index (χ2n) is 10.2. The molecule has 2 aliphatic rings. The molecule has 0 spiro atoms. The Labute approximate surface area is 222 Å². The number of hydrogen-bond donors (Lipinski definition) is 2. The topological polar surface area (TPSA) is 79.1 Å². The molecule has 0 radical (unpaired) electrons. The van der Waals surface area contributed by atoms with E-state index in [4.69, 9.17) is 4.42 Å². The molecule has 192 valence electrons. The van der Waals surface area contributed by atoms with Crippen molar-refractivity contribution in [2.75, 3.05) is 23.3 Å². The van der Waals surface area contributed by atoms with Crippen LogP contribution in [0.15, 0.2) is 64.5 Å². The first-order valence-corrected chi connectivity index (χ1v) is 14.3. The summed E-state index contributed by atoms with van der Waals surface area (Å²) in [5.74, 6) is 2.14. The van der Waals surface area contributed by atoms with Crippen LogP contribution in [0.5, 0.6) is 0 Å². The van der Waals surface area contributed by atoms with Crippen molar-refractivity contribution < 1.29 is 4.42 Å². The van der Waals surface area contributed by atoms with Crippen LogP contribution in [0.4, 0.5) is 11.5 Å². The van der Waals surface area contributed by atoms with Gasteiger partial charge in [0.15, 0.2) is 0 Å². The molecular weight excluding hydrogens is 480 g/mol. The number of nitrogens with one attached hydrogen (secondary N) is 2. The van der Waals surface area contributed by atoms with E-state index in [0.29, 0.717) is 29.9 Å². The second kappa shape index (κ2) is 11.0. The number of pyridine rings is 1. The number of aryl methyl sites for hydroxylation is 1. The number of rotatable bonds is 7. The second-order valence-corrected chi connectivity index (χ2v) is 11.1. The maximum absolute atomic E-state index is 5.58. The van der Waals surface area contributed by atoms with Gasteiger partial charge in [-0.25, -0.2) is 4.98 Å². The number of nitrogens with zero attached hydrogens (tertiary/aromatic N) is 4. The summed E-state index contributed by atoms with van der Waals surface area (Å²) in [7, 11) is 0. The Morgan fingerprint density at radius 2 is 1.81 bits per heavy atom. The molecular formula is C29H34N6OS. The van der Waals surface area contributed by atoms with Crippen LogP contribution in [0.1, 0.15) is 44.4 Å². The van der Waals surface area contributed by atoms with Crippen molar-refractivity contribution >= 4 is 22.8 Å². The zero-order chi connectivity index (χ0) is 25.0. The van der Waals surface area contributed by atoms with Crippen LogP contribution in [0.25, 0.3) is 21.9 Å². The normalized spacial score (nSPS) is 22.2. The number of thiophene rings is 1. The van der Waals surface area contributed by atoms with Gasteiger partial charge >= 0.3 is 0 Å². The minimum absolute atomic E-state index is 0.396. The molecule has 0 amide bonds. The summed E-state index contributed by atoms with van der Waals surface area (Å²) in [4.78, 5) is 8.43. The van der Waals surface area contributed by atoms with Gasteiger partial charge in [0, 0.05) is 60.5 Å². The fourth-order valence-corrected chi connectivity index (χ4v) is 6.40. The highest BCUT2D eigenvalue weighted by Gasteiger charge is 2.29. The van der Waals surface area contributed by atoms with E-state index in [1.165, 1.54) is 54.7 Å². The van der Waals surface area contributed by atoms with Gasteiger partial charge in [-0.3, -0.25) is 0 Å². The number of aromatic nitrogens is 3. The molecule has 7 nitrogen and oxygen atoms in total. The Hall–Kier alpha value is -3.23. The Kier molecular flexibility index (Phi) is 7.19. The van der Waals surface area contributed by atoms with Crippen molar-refractivity contribution in [3.63, 3.8) is 0 Å². The van der Waals surface area contributed by atoms with Gasteiger partial charge in [0.2, 0.25) is 11.8 Å². The molecule has 1 saturated carbocycles. The molecule has 1 aromatic carbocycles. The van der Waals surface area contributed by atoms with Crippen molar-refractivity contribution in [2.24, 2.45) is 0 Å². The summed E-state index contributed by atoms with van der Waals surface area (Å²) in [6.45, 7) is 3.92. The molecule has 2 fully saturated rings. The number of benzene rings is 1. The van der Waals surface area contributed by atoms with E-state index in [9.17, 15) is 0 Å². The zero-order valence-corrected chi connectivity index (χ0v) is 22.1. The first-order chi connectivity index (χ1) is 18.2. The van der Waals surface area contributed by atoms with Crippen molar-refractivity contribution in [3.05, 3.63) is 66.0 Å². The summed E-state index contributed by atoms with van der Waals surface area (Å²) >= 11 is 1.77. The lowest BCUT2D eigenvalue weighted by molar-refractivity contribution is 0.293. The van der Waals surface area contributed by atoms with Crippen molar-refractivity contribution in [1.82, 2.24) is 20.5 Å². The quantitative estimate of drug-likeness (QED) is 0.306. The van der Waals surface area contributed by atoms with Gasteiger partial charge < -0.3 is 20.0 Å². The maximum atomic E-state index is 5.58. The maximum Gasteiger partial charge on any atom is 0.247 e. The van der Waals surface area contributed by atoms with Crippen LogP contribution in [-0.2, 0) is 0 Å². The van der Waals surface area contributed by atoms with E-state index >= 15 is 0 Å². The Bertz CT molecular complexity index is 1290. The van der Waals surface area contributed by atoms with Gasteiger partial charge in [-0.1, -0.05) is 18.9 Å². The van der Waals surface area contributed by atoms with Crippen molar-refractivity contribution in [3.8, 4) is 21.9 Å². The smallest absolute Gasteiger partial charge is 0.247 e. The third-order valence-corrected chi connectivity index (χ3v) is 8.46. The lowest BCUT2D eigenvalue weighted by Crippen LogP contribution is -2.54. The highest BCUT2D eigenvalue weighted by Crippen LogP contribution is 2.29. The molecule has 8 heteroatoms. The van der Waals surface area contributed by atoms with E-state index in [-0.39, 0.29) is 0 Å². The lowest BCUT2D eigenvalue weighted by Gasteiger charge is -2.40. The molecule has 1 aliphatic heterocycles. The van der Waals surface area contributed by atoms with Crippen LogP contribution >= 0.6 is 11.3 Å². The van der Waals surface area contributed by atoms with Crippen LogP contribution in [-0.4, -0.2) is 46.4 Å². The average molecular weight is 515 g/mol. The Morgan fingerprint density at radius 3 is 2.59 bits per heavy atom. The summed E-state index contributed by atoms with van der Waals surface area (Å²) in [5, 5.41) is 18.0. The lowest BCUT2D eigenvalue weighted by atomic mass is 9.89. The first kappa shape index (κ1) is 24.1. The Balaban J connectivity index is 1.09. The van der Waals surface area contributed by atoms with Crippen LogP contribution < -0.4 is 15.5 Å². The number of hydrogen-bond acceptors (Lipinski definition) is 8. The van der Waals surface area contributed by atoms with Gasteiger partial charge in [-0.2, -0.15) is 0 Å². The minimum atomic E-state index is 0.396. The van der Waals surface area contributed by atoms with E-state index in [1.54, 1.807) is 11.3 Å². The molecule has 3 atom stereocenters. The number of piperidine rings is 1. The highest BCUT2D eigenvalue weighted by molar-refractivity contribution is 7.13. The van der Waals surface area contributed by atoms with Gasteiger partial charge in [-0.15, -0.1) is 21.5 Å². The van der Waals surface area contributed by atoms with Gasteiger partial charge in [0.05, 0.1) is 0 Å². The highest BCUT2D eigenvalue weighted by atomic mass is 32.1. The van der Waals surface area contributed by atoms with Crippen LogP contribution in [0.3, 0.4) is 0 Å². The fraction of sp³-hybridized carbons (Fsp3) is 0.414. The van der Waals surface area contributed by atoms with Gasteiger partial charge in [0.25, 0.3) is 0 Å². The average Bonchev–Trinajstić information content (AvgIpc) is 3.63. The predicted octanol–water partition coefficient (Wildman–Crippen LogP) is 6.15. The zero-order valence-electron chi connectivity index (χ0n) is 21.3. The predicted molar refractivity (Wildman–Crippen MR) is 150 cm³/mol. The Morgan fingerprint density at radius 1 is 0.946 bits per heavy atom. The largest absolute Gasteiger partial charge is 0.421 e. The van der Waals surface area contributed by atoms with E-state index in [1.807, 2.05) is 13.1 Å². The SMILES string of the molecule is Cc1nnc(-c2ccc(N3CCCC(NC4CCCCC4Nc4cc(-c5cccs5)ccn4)C3)cc2)o1. The molecule has 2 N–H and O–H groups in total. The molecule has 37 heavy (non-hydrogen) atoms. The third kappa shape index (κ3) is 5.70. The van der Waals surface area contributed by atoms with E-state index < -0.39 is 0 Å². The molecule has 6 rings (SSSR count). The summed E-state index contributed by atoms with van der Waals surface area (Å²) < 4.78 is 5.58. The van der Waals surface area contributed by atoms with E-state index in [2.05, 4.69) is 84.6 Å².